The lowest BCUT2D eigenvalue weighted by Gasteiger charge is -2.25. The number of sulfonamides is 1. The predicted octanol–water partition coefficient (Wildman–Crippen LogP) is 4.22. The fourth-order valence-corrected chi connectivity index (χ4v) is 4.81. The lowest BCUT2D eigenvalue weighted by atomic mass is 10.1. The first-order chi connectivity index (χ1) is 13.8. The molecule has 1 aliphatic heterocycles. The molecule has 1 amide bonds. The van der Waals surface area contributed by atoms with Crippen LogP contribution < -0.4 is 4.72 Å². The van der Waals surface area contributed by atoms with Gasteiger partial charge in [0.1, 0.15) is 0 Å². The van der Waals surface area contributed by atoms with Gasteiger partial charge in [-0.15, -0.1) is 0 Å². The molecule has 1 N–H and O–H groups in total. The molecule has 0 aliphatic carbocycles. The minimum Gasteiger partial charge on any atom is -0.355 e. The van der Waals surface area contributed by atoms with Crippen LogP contribution in [0.15, 0.2) is 45.8 Å². The van der Waals surface area contributed by atoms with Crippen LogP contribution in [0.2, 0.25) is 5.02 Å². The maximum absolute atomic E-state index is 12.9. The average Bonchev–Trinajstić information content (AvgIpc) is 3.13. The summed E-state index contributed by atoms with van der Waals surface area (Å²) in [5.74, 6) is -0.237. The summed E-state index contributed by atoms with van der Waals surface area (Å²) in [5.41, 5.74) is 1.64. The number of hydrogen-bond acceptors (Lipinski definition) is 5. The van der Waals surface area contributed by atoms with Crippen LogP contribution in [0.1, 0.15) is 35.3 Å². The summed E-state index contributed by atoms with van der Waals surface area (Å²) in [7, 11) is -3.87. The van der Waals surface area contributed by atoms with Gasteiger partial charge in [0, 0.05) is 18.1 Å². The number of amides is 1. The number of benzene rings is 2. The number of carbonyl (C=O) groups is 1. The molecule has 0 saturated carbocycles. The van der Waals surface area contributed by atoms with Gasteiger partial charge in [-0.3, -0.25) is 9.52 Å². The molecule has 0 bridgehead atoms. The van der Waals surface area contributed by atoms with Crippen LogP contribution in [0.25, 0.3) is 11.0 Å². The van der Waals surface area contributed by atoms with E-state index in [0.29, 0.717) is 40.3 Å². The Labute approximate surface area is 173 Å². The Morgan fingerprint density at radius 2 is 1.90 bits per heavy atom. The molecular weight excluding hydrogens is 414 g/mol. The highest BCUT2D eigenvalue weighted by molar-refractivity contribution is 7.92. The number of aromatic nitrogens is 1. The molecule has 29 heavy (non-hydrogen) atoms. The Bertz CT molecular complexity index is 1180. The number of likely N-dealkylation sites (tertiary alicyclic amines) is 1. The van der Waals surface area contributed by atoms with Gasteiger partial charge in [-0.2, -0.15) is 0 Å². The van der Waals surface area contributed by atoms with Crippen LogP contribution in [0, 0.1) is 6.92 Å². The SMILES string of the molecule is Cc1cc(Cl)ccc1NS(=O)(=O)c1ccc2onc(C(=O)N3CCCCC3)c2c1. The summed E-state index contributed by atoms with van der Waals surface area (Å²) in [4.78, 5) is 14.6. The number of hydrogen-bond donors (Lipinski definition) is 1. The first-order valence-corrected chi connectivity index (χ1v) is 11.2. The van der Waals surface area contributed by atoms with Crippen LogP contribution in [-0.4, -0.2) is 37.5 Å². The Morgan fingerprint density at radius 1 is 1.14 bits per heavy atom. The first-order valence-electron chi connectivity index (χ1n) is 9.33. The summed E-state index contributed by atoms with van der Waals surface area (Å²) in [6, 6.07) is 9.27. The summed E-state index contributed by atoms with van der Waals surface area (Å²) in [5, 5.41) is 4.82. The fraction of sp³-hybridized carbons (Fsp3) is 0.300. The molecule has 1 fully saturated rings. The maximum atomic E-state index is 12.9. The molecule has 2 aromatic carbocycles. The van der Waals surface area contributed by atoms with E-state index >= 15 is 0 Å². The van der Waals surface area contributed by atoms with Crippen molar-refractivity contribution < 1.29 is 17.7 Å². The number of anilines is 1. The molecule has 0 atom stereocenters. The Morgan fingerprint density at radius 3 is 2.62 bits per heavy atom. The third-order valence-electron chi connectivity index (χ3n) is 5.03. The van der Waals surface area contributed by atoms with E-state index in [9.17, 15) is 13.2 Å². The molecular formula is C20H20ClN3O4S. The highest BCUT2D eigenvalue weighted by Crippen LogP contribution is 2.27. The van der Waals surface area contributed by atoms with Crippen molar-refractivity contribution in [2.75, 3.05) is 17.8 Å². The van der Waals surface area contributed by atoms with Gasteiger partial charge in [-0.25, -0.2) is 8.42 Å². The lowest BCUT2D eigenvalue weighted by Crippen LogP contribution is -2.35. The van der Waals surface area contributed by atoms with Crippen molar-refractivity contribution in [3.63, 3.8) is 0 Å². The van der Waals surface area contributed by atoms with E-state index < -0.39 is 10.0 Å². The molecule has 2 heterocycles. The van der Waals surface area contributed by atoms with Gasteiger partial charge in [0.15, 0.2) is 11.3 Å². The van der Waals surface area contributed by atoms with Crippen molar-refractivity contribution >= 4 is 44.2 Å². The second-order valence-electron chi connectivity index (χ2n) is 7.11. The highest BCUT2D eigenvalue weighted by atomic mass is 35.5. The molecule has 1 saturated heterocycles. The van der Waals surface area contributed by atoms with Crippen molar-refractivity contribution in [1.29, 1.82) is 0 Å². The Balaban J connectivity index is 1.68. The van der Waals surface area contributed by atoms with E-state index in [2.05, 4.69) is 9.88 Å². The minimum absolute atomic E-state index is 0.0234. The molecule has 152 valence electrons. The van der Waals surface area contributed by atoms with E-state index in [-0.39, 0.29) is 16.5 Å². The van der Waals surface area contributed by atoms with Crippen LogP contribution in [-0.2, 0) is 10.0 Å². The van der Waals surface area contributed by atoms with Crippen molar-refractivity contribution in [3.8, 4) is 0 Å². The largest absolute Gasteiger partial charge is 0.355 e. The molecule has 4 rings (SSSR count). The van der Waals surface area contributed by atoms with Crippen LogP contribution in [0.5, 0.6) is 0 Å². The zero-order valence-corrected chi connectivity index (χ0v) is 17.4. The van der Waals surface area contributed by atoms with Crippen molar-refractivity contribution in [2.24, 2.45) is 0 Å². The van der Waals surface area contributed by atoms with Gasteiger partial charge in [0.2, 0.25) is 0 Å². The molecule has 3 aromatic rings. The monoisotopic (exact) mass is 433 g/mol. The van der Waals surface area contributed by atoms with Gasteiger partial charge in [-0.1, -0.05) is 16.8 Å². The zero-order valence-electron chi connectivity index (χ0n) is 15.8. The van der Waals surface area contributed by atoms with Gasteiger partial charge in [0.25, 0.3) is 15.9 Å². The molecule has 9 heteroatoms. The van der Waals surface area contributed by atoms with Crippen LogP contribution in [0.4, 0.5) is 5.69 Å². The normalized spacial score (nSPS) is 14.9. The van der Waals surface area contributed by atoms with Gasteiger partial charge < -0.3 is 9.42 Å². The van der Waals surface area contributed by atoms with E-state index in [0.717, 1.165) is 19.3 Å². The second kappa shape index (κ2) is 7.68. The third-order valence-corrected chi connectivity index (χ3v) is 6.63. The number of aryl methyl sites for hydroxylation is 1. The minimum atomic E-state index is -3.87. The second-order valence-corrected chi connectivity index (χ2v) is 9.23. The molecule has 1 aliphatic rings. The quantitative estimate of drug-likeness (QED) is 0.665. The summed E-state index contributed by atoms with van der Waals surface area (Å²) in [6.07, 6.45) is 3.00. The number of rotatable bonds is 4. The van der Waals surface area contributed by atoms with Crippen LogP contribution in [0.3, 0.4) is 0 Å². The van der Waals surface area contributed by atoms with E-state index in [1.165, 1.54) is 18.2 Å². The summed E-state index contributed by atoms with van der Waals surface area (Å²) >= 11 is 5.94. The van der Waals surface area contributed by atoms with Gasteiger partial charge in [-0.05, 0) is 68.1 Å². The maximum Gasteiger partial charge on any atom is 0.276 e. The number of nitrogens with zero attached hydrogens (tertiary/aromatic N) is 2. The first kappa shape index (κ1) is 19.7. The van der Waals surface area contributed by atoms with E-state index in [1.807, 2.05) is 0 Å². The summed E-state index contributed by atoms with van der Waals surface area (Å²) in [6.45, 7) is 3.10. The molecule has 0 spiro atoms. The molecule has 7 nitrogen and oxygen atoms in total. The Hall–Kier alpha value is -2.58. The number of fused-ring (bicyclic) bond motifs is 1. The smallest absolute Gasteiger partial charge is 0.276 e. The molecule has 1 aromatic heterocycles. The van der Waals surface area contributed by atoms with Crippen molar-refractivity contribution in [3.05, 3.63) is 52.7 Å². The van der Waals surface area contributed by atoms with Gasteiger partial charge in [0.05, 0.1) is 16.0 Å². The van der Waals surface area contributed by atoms with Gasteiger partial charge >= 0.3 is 0 Å². The van der Waals surface area contributed by atoms with Crippen molar-refractivity contribution in [1.82, 2.24) is 10.1 Å². The predicted molar refractivity (Wildman–Crippen MR) is 111 cm³/mol. The zero-order chi connectivity index (χ0) is 20.6. The third kappa shape index (κ3) is 3.95. The number of carbonyl (C=O) groups excluding carboxylic acids is 1. The topological polar surface area (TPSA) is 92.5 Å². The number of halogens is 1. The molecule has 0 unspecified atom stereocenters. The highest BCUT2D eigenvalue weighted by Gasteiger charge is 2.25. The van der Waals surface area contributed by atoms with Crippen molar-refractivity contribution in [2.45, 2.75) is 31.1 Å². The standard InChI is InChI=1S/C20H20ClN3O4S/c1-13-11-14(21)5-7-17(13)23-29(26,27)15-6-8-18-16(12-15)19(22-28-18)20(25)24-9-3-2-4-10-24/h5-8,11-12,23H,2-4,9-10H2,1H3. The fourth-order valence-electron chi connectivity index (χ4n) is 3.43. The molecule has 0 radical (unpaired) electrons. The number of piperidine rings is 1. The van der Waals surface area contributed by atoms with Crippen LogP contribution >= 0.6 is 11.6 Å². The summed E-state index contributed by atoms with van der Waals surface area (Å²) < 4.78 is 33.6. The van der Waals surface area contributed by atoms with E-state index in [4.69, 9.17) is 16.1 Å². The Kier molecular flexibility index (Phi) is 5.23. The lowest BCUT2D eigenvalue weighted by molar-refractivity contribution is 0.0716. The average molecular weight is 434 g/mol. The number of nitrogens with one attached hydrogen (secondary N) is 1. The van der Waals surface area contributed by atoms with E-state index in [1.54, 1.807) is 30.0 Å².